The monoisotopic (exact) mass is 386 g/mol. The number of hydrogen-bond donors (Lipinski definition) is 2. The van der Waals surface area contributed by atoms with E-state index >= 15 is 0 Å². The van der Waals surface area contributed by atoms with Crippen LogP contribution in [0.2, 0.25) is 0 Å². The SMILES string of the molecule is COc1cc2ncnc(Nc3ccc(OCc4ccccc4)c(C)c3)c2cc1N. The summed E-state index contributed by atoms with van der Waals surface area (Å²) in [6.07, 6.45) is 1.52. The molecule has 0 atom stereocenters. The van der Waals surface area contributed by atoms with Crippen LogP contribution >= 0.6 is 0 Å². The Morgan fingerprint density at radius 3 is 2.55 bits per heavy atom. The lowest BCUT2D eigenvalue weighted by Gasteiger charge is -2.13. The number of hydrogen-bond acceptors (Lipinski definition) is 6. The Bertz CT molecular complexity index is 1150. The number of nitrogens with two attached hydrogens (primary N) is 1. The van der Waals surface area contributed by atoms with Gasteiger partial charge in [-0.25, -0.2) is 9.97 Å². The molecule has 3 N–H and O–H groups in total. The molecule has 0 fully saturated rings. The van der Waals surface area contributed by atoms with E-state index in [1.807, 2.05) is 67.6 Å². The average Bonchev–Trinajstić information content (AvgIpc) is 2.74. The molecule has 0 amide bonds. The molecule has 0 spiro atoms. The second-order valence-corrected chi connectivity index (χ2v) is 6.71. The number of fused-ring (bicyclic) bond motifs is 1. The molecule has 6 heteroatoms. The van der Waals surface area contributed by atoms with Gasteiger partial charge < -0.3 is 20.5 Å². The zero-order valence-electron chi connectivity index (χ0n) is 16.3. The number of ether oxygens (including phenoxy) is 2. The second-order valence-electron chi connectivity index (χ2n) is 6.71. The topological polar surface area (TPSA) is 82.3 Å². The number of methoxy groups -OCH3 is 1. The number of nitrogen functional groups attached to an aromatic ring is 1. The quantitative estimate of drug-likeness (QED) is 0.461. The molecule has 4 aromatic rings. The highest BCUT2D eigenvalue weighted by molar-refractivity contribution is 5.94. The van der Waals surface area contributed by atoms with Crippen molar-refractivity contribution in [1.82, 2.24) is 9.97 Å². The van der Waals surface area contributed by atoms with E-state index in [9.17, 15) is 0 Å². The highest BCUT2D eigenvalue weighted by Crippen LogP contribution is 2.32. The lowest BCUT2D eigenvalue weighted by atomic mass is 10.1. The van der Waals surface area contributed by atoms with E-state index in [0.717, 1.165) is 33.5 Å². The minimum atomic E-state index is 0.534. The summed E-state index contributed by atoms with van der Waals surface area (Å²) in [5, 5.41) is 4.18. The van der Waals surface area contributed by atoms with Gasteiger partial charge >= 0.3 is 0 Å². The molecule has 0 saturated heterocycles. The van der Waals surface area contributed by atoms with Crippen LogP contribution in [-0.4, -0.2) is 17.1 Å². The van der Waals surface area contributed by atoms with Gasteiger partial charge in [0.05, 0.1) is 18.3 Å². The molecule has 0 bridgehead atoms. The number of rotatable bonds is 6. The van der Waals surface area contributed by atoms with Crippen molar-refractivity contribution in [3.8, 4) is 11.5 Å². The van der Waals surface area contributed by atoms with Crippen LogP contribution in [0.5, 0.6) is 11.5 Å². The van der Waals surface area contributed by atoms with Crippen molar-refractivity contribution >= 4 is 28.1 Å². The molecule has 0 saturated carbocycles. The van der Waals surface area contributed by atoms with Gasteiger partial charge in [0.15, 0.2) is 0 Å². The Hall–Kier alpha value is -3.80. The largest absolute Gasteiger partial charge is 0.495 e. The molecular formula is C23H22N4O2. The normalized spacial score (nSPS) is 10.7. The highest BCUT2D eigenvalue weighted by Gasteiger charge is 2.10. The molecule has 146 valence electrons. The highest BCUT2D eigenvalue weighted by atomic mass is 16.5. The van der Waals surface area contributed by atoms with Crippen LogP contribution in [0, 0.1) is 6.92 Å². The van der Waals surface area contributed by atoms with E-state index in [2.05, 4.69) is 15.3 Å². The van der Waals surface area contributed by atoms with Gasteiger partial charge in [-0.15, -0.1) is 0 Å². The van der Waals surface area contributed by atoms with Crippen molar-refractivity contribution in [3.05, 3.63) is 78.1 Å². The number of aromatic nitrogens is 2. The Kier molecular flexibility index (Phi) is 5.16. The Labute approximate surface area is 169 Å². The summed E-state index contributed by atoms with van der Waals surface area (Å²) < 4.78 is 11.2. The van der Waals surface area contributed by atoms with E-state index in [-0.39, 0.29) is 0 Å². The van der Waals surface area contributed by atoms with Gasteiger partial charge in [-0.05, 0) is 42.3 Å². The van der Waals surface area contributed by atoms with Gasteiger partial charge in [0.1, 0.15) is 30.3 Å². The molecule has 29 heavy (non-hydrogen) atoms. The minimum absolute atomic E-state index is 0.534. The standard InChI is InChI=1S/C23H22N4O2/c1-15-10-17(8-9-21(15)29-13-16-6-4-3-5-7-16)27-23-18-11-19(24)22(28-2)12-20(18)25-14-26-23/h3-12,14H,13,24H2,1-2H3,(H,25,26,27). The summed E-state index contributed by atoms with van der Waals surface area (Å²) in [4.78, 5) is 8.69. The number of nitrogens with one attached hydrogen (secondary N) is 1. The molecule has 4 rings (SSSR count). The predicted molar refractivity (Wildman–Crippen MR) is 116 cm³/mol. The first kappa shape index (κ1) is 18.6. The van der Waals surface area contributed by atoms with Crippen molar-refractivity contribution in [2.24, 2.45) is 0 Å². The van der Waals surface area contributed by atoms with Crippen LogP contribution in [-0.2, 0) is 6.61 Å². The molecular weight excluding hydrogens is 364 g/mol. The maximum atomic E-state index is 6.06. The van der Waals surface area contributed by atoms with E-state index in [0.29, 0.717) is 23.9 Å². The fraction of sp³-hybridized carbons (Fsp3) is 0.130. The molecule has 1 aromatic heterocycles. The lowest BCUT2D eigenvalue weighted by Crippen LogP contribution is -2.00. The lowest BCUT2D eigenvalue weighted by molar-refractivity contribution is 0.304. The molecule has 0 aliphatic carbocycles. The van der Waals surface area contributed by atoms with Crippen molar-refractivity contribution in [2.75, 3.05) is 18.2 Å². The summed E-state index contributed by atoms with van der Waals surface area (Å²) in [5.41, 5.74) is 10.4. The third-order valence-electron chi connectivity index (χ3n) is 4.66. The smallest absolute Gasteiger partial charge is 0.143 e. The molecule has 6 nitrogen and oxygen atoms in total. The van der Waals surface area contributed by atoms with Crippen LogP contribution < -0.4 is 20.5 Å². The average molecular weight is 386 g/mol. The minimum Gasteiger partial charge on any atom is -0.495 e. The van der Waals surface area contributed by atoms with E-state index in [1.165, 1.54) is 6.33 Å². The number of aryl methyl sites for hydroxylation is 1. The zero-order chi connectivity index (χ0) is 20.2. The molecule has 0 radical (unpaired) electrons. The predicted octanol–water partition coefficient (Wildman–Crippen LogP) is 4.85. The fourth-order valence-electron chi connectivity index (χ4n) is 3.14. The molecule has 0 unspecified atom stereocenters. The van der Waals surface area contributed by atoms with Gasteiger partial charge in [-0.1, -0.05) is 30.3 Å². The van der Waals surface area contributed by atoms with Gasteiger partial charge in [0.2, 0.25) is 0 Å². The summed E-state index contributed by atoms with van der Waals surface area (Å²) >= 11 is 0. The fourth-order valence-corrected chi connectivity index (χ4v) is 3.14. The van der Waals surface area contributed by atoms with Gasteiger partial charge in [0, 0.05) is 17.1 Å². The Balaban J connectivity index is 1.55. The van der Waals surface area contributed by atoms with Crippen LogP contribution in [0.3, 0.4) is 0 Å². The Morgan fingerprint density at radius 2 is 1.79 bits per heavy atom. The van der Waals surface area contributed by atoms with E-state index in [1.54, 1.807) is 7.11 Å². The third-order valence-corrected chi connectivity index (χ3v) is 4.66. The maximum absolute atomic E-state index is 6.06. The van der Waals surface area contributed by atoms with Gasteiger partial charge in [0.25, 0.3) is 0 Å². The summed E-state index contributed by atoms with van der Waals surface area (Å²) in [6.45, 7) is 2.55. The second kappa shape index (κ2) is 8.06. The maximum Gasteiger partial charge on any atom is 0.143 e. The zero-order valence-corrected chi connectivity index (χ0v) is 16.3. The molecule has 1 heterocycles. The van der Waals surface area contributed by atoms with Crippen LogP contribution in [0.15, 0.2) is 67.0 Å². The van der Waals surface area contributed by atoms with Crippen LogP contribution in [0.25, 0.3) is 10.9 Å². The molecule has 3 aromatic carbocycles. The number of anilines is 3. The van der Waals surface area contributed by atoms with Gasteiger partial charge in [-0.3, -0.25) is 0 Å². The Morgan fingerprint density at radius 1 is 0.966 bits per heavy atom. The third kappa shape index (κ3) is 4.06. The van der Waals surface area contributed by atoms with Gasteiger partial charge in [-0.2, -0.15) is 0 Å². The van der Waals surface area contributed by atoms with Crippen molar-refractivity contribution in [1.29, 1.82) is 0 Å². The molecule has 0 aliphatic heterocycles. The first-order chi connectivity index (χ1) is 14.1. The van der Waals surface area contributed by atoms with Crippen molar-refractivity contribution in [2.45, 2.75) is 13.5 Å². The van der Waals surface area contributed by atoms with Crippen molar-refractivity contribution < 1.29 is 9.47 Å². The first-order valence-electron chi connectivity index (χ1n) is 9.26. The van der Waals surface area contributed by atoms with Crippen LogP contribution in [0.4, 0.5) is 17.2 Å². The number of benzene rings is 3. The number of nitrogens with zero attached hydrogens (tertiary/aromatic N) is 2. The molecule has 0 aliphatic rings. The first-order valence-corrected chi connectivity index (χ1v) is 9.26. The van der Waals surface area contributed by atoms with E-state index in [4.69, 9.17) is 15.2 Å². The van der Waals surface area contributed by atoms with E-state index < -0.39 is 0 Å². The summed E-state index contributed by atoms with van der Waals surface area (Å²) in [6, 6.07) is 19.7. The summed E-state index contributed by atoms with van der Waals surface area (Å²) in [7, 11) is 1.59. The summed E-state index contributed by atoms with van der Waals surface area (Å²) in [5.74, 6) is 2.13. The van der Waals surface area contributed by atoms with Crippen molar-refractivity contribution in [3.63, 3.8) is 0 Å². The van der Waals surface area contributed by atoms with Crippen LogP contribution in [0.1, 0.15) is 11.1 Å².